The van der Waals surface area contributed by atoms with Crippen molar-refractivity contribution in [2.75, 3.05) is 24.6 Å². The van der Waals surface area contributed by atoms with Gasteiger partial charge < -0.3 is 14.4 Å². The van der Waals surface area contributed by atoms with Crippen LogP contribution in [0.4, 0.5) is 5.69 Å². The highest BCUT2D eigenvalue weighted by molar-refractivity contribution is 7.84. The Morgan fingerprint density at radius 1 is 1.10 bits per heavy atom. The monoisotopic (exact) mass is 596 g/mol. The van der Waals surface area contributed by atoms with Crippen molar-refractivity contribution in [3.8, 4) is 5.75 Å². The number of benzene rings is 2. The molecule has 7 atom stereocenters. The first-order valence-corrected chi connectivity index (χ1v) is 16.8. The summed E-state index contributed by atoms with van der Waals surface area (Å²) in [4.78, 5) is 28.1. The normalized spacial score (nSPS) is 33.8. The second-order valence-corrected chi connectivity index (χ2v) is 14.9. The Kier molecular flexibility index (Phi) is 8.21. The number of rotatable bonds is 1. The molecule has 0 aromatic heterocycles. The standard InChI is InChI=1S/C33H41ClN2O4S/c1-21-5-3-6-26(18-37)28-11-8-25(28)17-36-19-33(14-4-7-23-15-27(34)10-12-29(23)33)20-40-31-13-9-24(16-30(31)36)32(38)35-41(39)22(21)2/h9-10,12-13,15-16,18,21-22,25-26,28H,3-8,11,14,17,19-20H2,1-2H3,(H,35,38). The van der Waals surface area contributed by atoms with Crippen LogP contribution in [0.25, 0.3) is 0 Å². The largest absolute Gasteiger partial charge is 0.490 e. The van der Waals surface area contributed by atoms with Crippen molar-refractivity contribution in [3.05, 3.63) is 58.1 Å². The molecular weight excluding hydrogens is 556 g/mol. The van der Waals surface area contributed by atoms with Gasteiger partial charge in [-0.3, -0.25) is 9.52 Å². The number of fused-ring (bicyclic) bond motifs is 4. The molecule has 1 spiro atoms. The molecule has 220 valence electrons. The second kappa shape index (κ2) is 11.7. The van der Waals surface area contributed by atoms with Gasteiger partial charge in [0, 0.05) is 35.0 Å². The van der Waals surface area contributed by atoms with Crippen LogP contribution in [0.5, 0.6) is 5.75 Å². The zero-order valence-corrected chi connectivity index (χ0v) is 25.6. The molecule has 2 aromatic carbocycles. The molecule has 2 bridgehead atoms. The summed E-state index contributed by atoms with van der Waals surface area (Å²) in [5, 5.41) is 0.580. The maximum absolute atomic E-state index is 13.3. The van der Waals surface area contributed by atoms with Crippen molar-refractivity contribution in [2.24, 2.45) is 23.7 Å². The van der Waals surface area contributed by atoms with E-state index in [1.165, 1.54) is 17.4 Å². The van der Waals surface area contributed by atoms with E-state index in [9.17, 15) is 13.8 Å². The third-order valence-electron chi connectivity index (χ3n) is 10.5. The molecule has 41 heavy (non-hydrogen) atoms. The first kappa shape index (κ1) is 28.7. The Balaban J connectivity index is 1.40. The van der Waals surface area contributed by atoms with Crippen molar-refractivity contribution >= 4 is 40.5 Å². The Labute approximate surface area is 251 Å². The summed E-state index contributed by atoms with van der Waals surface area (Å²) in [7, 11) is -1.51. The summed E-state index contributed by atoms with van der Waals surface area (Å²) in [6, 6.07) is 11.9. The molecule has 1 saturated carbocycles. The first-order chi connectivity index (χ1) is 19.8. The first-order valence-electron chi connectivity index (χ1n) is 15.3. The lowest BCUT2D eigenvalue weighted by molar-refractivity contribution is -0.115. The minimum Gasteiger partial charge on any atom is -0.490 e. The van der Waals surface area contributed by atoms with Gasteiger partial charge in [-0.15, -0.1) is 0 Å². The number of amides is 1. The fourth-order valence-electron chi connectivity index (χ4n) is 7.67. The number of hydrogen-bond acceptors (Lipinski definition) is 5. The molecule has 0 saturated heterocycles. The van der Waals surface area contributed by atoms with Crippen molar-refractivity contribution in [3.63, 3.8) is 0 Å². The highest BCUT2D eigenvalue weighted by atomic mass is 35.5. The van der Waals surface area contributed by atoms with Crippen LogP contribution in [0.3, 0.4) is 0 Å². The number of nitrogens with zero attached hydrogens (tertiary/aromatic N) is 1. The molecule has 0 radical (unpaired) electrons. The smallest absolute Gasteiger partial charge is 0.263 e. The highest BCUT2D eigenvalue weighted by Crippen LogP contribution is 2.47. The van der Waals surface area contributed by atoms with Gasteiger partial charge in [-0.2, -0.15) is 0 Å². The molecule has 1 amide bonds. The minimum absolute atomic E-state index is 0.0508. The van der Waals surface area contributed by atoms with E-state index in [4.69, 9.17) is 16.3 Å². The van der Waals surface area contributed by atoms with E-state index in [0.717, 1.165) is 80.9 Å². The zero-order chi connectivity index (χ0) is 28.7. The van der Waals surface area contributed by atoms with Gasteiger partial charge in [-0.05, 0) is 111 Å². The van der Waals surface area contributed by atoms with Crippen molar-refractivity contribution in [2.45, 2.75) is 75.9 Å². The van der Waals surface area contributed by atoms with Crippen molar-refractivity contribution < 1.29 is 18.5 Å². The molecule has 7 unspecified atom stereocenters. The molecule has 2 aliphatic heterocycles. The third kappa shape index (κ3) is 5.56. The maximum Gasteiger partial charge on any atom is 0.263 e. The van der Waals surface area contributed by atoms with E-state index in [1.54, 1.807) is 6.07 Å². The molecule has 1 fully saturated rings. The van der Waals surface area contributed by atoms with Crippen LogP contribution in [0.2, 0.25) is 5.02 Å². The van der Waals surface area contributed by atoms with E-state index in [1.807, 2.05) is 25.1 Å². The Morgan fingerprint density at radius 3 is 2.73 bits per heavy atom. The average molecular weight is 597 g/mol. The summed E-state index contributed by atoms with van der Waals surface area (Å²) in [5.41, 5.74) is 3.79. The SMILES string of the molecule is CC1CCCC(C=O)C2CCC2CN2CC3(CCCc4cc(Cl)ccc43)COc3ccc(cc32)C(=O)NS(=O)C1C. The quantitative estimate of drug-likeness (QED) is 0.394. The van der Waals surface area contributed by atoms with Crippen LogP contribution in [0.1, 0.15) is 80.3 Å². The van der Waals surface area contributed by atoms with Gasteiger partial charge in [0.2, 0.25) is 0 Å². The van der Waals surface area contributed by atoms with Crippen molar-refractivity contribution in [1.82, 2.24) is 4.72 Å². The summed E-state index contributed by atoms with van der Waals surface area (Å²) in [6.45, 7) is 6.17. The lowest BCUT2D eigenvalue weighted by Gasteiger charge is -2.46. The van der Waals surface area contributed by atoms with E-state index >= 15 is 0 Å². The number of halogens is 1. The van der Waals surface area contributed by atoms with Gasteiger partial charge >= 0.3 is 0 Å². The van der Waals surface area contributed by atoms with Crippen LogP contribution in [0.15, 0.2) is 36.4 Å². The molecule has 8 heteroatoms. The van der Waals surface area contributed by atoms with Crippen LogP contribution < -0.4 is 14.4 Å². The van der Waals surface area contributed by atoms with Crippen LogP contribution in [-0.4, -0.2) is 41.3 Å². The van der Waals surface area contributed by atoms with Gasteiger partial charge in [0.1, 0.15) is 23.0 Å². The van der Waals surface area contributed by atoms with Gasteiger partial charge in [-0.25, -0.2) is 4.21 Å². The van der Waals surface area contributed by atoms with E-state index in [-0.39, 0.29) is 28.4 Å². The summed E-state index contributed by atoms with van der Waals surface area (Å²) < 4.78 is 22.5. The minimum atomic E-state index is -1.51. The number of aryl methyl sites for hydroxylation is 1. The number of anilines is 1. The lowest BCUT2D eigenvalue weighted by atomic mass is 9.65. The zero-order valence-electron chi connectivity index (χ0n) is 24.1. The van der Waals surface area contributed by atoms with E-state index < -0.39 is 11.0 Å². The molecule has 6 nitrogen and oxygen atoms in total. The van der Waals surface area contributed by atoms with E-state index in [0.29, 0.717) is 24.0 Å². The van der Waals surface area contributed by atoms with Crippen molar-refractivity contribution in [1.29, 1.82) is 0 Å². The predicted molar refractivity (Wildman–Crippen MR) is 164 cm³/mol. The number of nitrogens with one attached hydrogen (secondary N) is 1. The summed E-state index contributed by atoms with van der Waals surface area (Å²) in [6.07, 6.45) is 9.13. The Bertz CT molecular complexity index is 1350. The van der Waals surface area contributed by atoms with Crippen LogP contribution >= 0.6 is 11.6 Å². The number of hydrogen-bond donors (Lipinski definition) is 1. The Hall–Kier alpha value is -2.38. The summed E-state index contributed by atoms with van der Waals surface area (Å²) >= 11 is 6.40. The van der Waals surface area contributed by atoms with Gasteiger partial charge in [0.25, 0.3) is 5.91 Å². The molecule has 2 aliphatic carbocycles. The molecule has 4 aliphatic rings. The third-order valence-corrected chi connectivity index (χ3v) is 12.2. The fraction of sp³-hybridized carbons (Fsp3) is 0.576. The predicted octanol–water partition coefficient (Wildman–Crippen LogP) is 6.26. The maximum atomic E-state index is 13.3. The van der Waals surface area contributed by atoms with Gasteiger partial charge in [0.05, 0.1) is 17.5 Å². The fourth-order valence-corrected chi connectivity index (χ4v) is 8.91. The summed E-state index contributed by atoms with van der Waals surface area (Å²) in [5.74, 6) is 1.46. The van der Waals surface area contributed by atoms with Crippen LogP contribution in [0, 0.1) is 23.7 Å². The van der Waals surface area contributed by atoms with Crippen LogP contribution in [-0.2, 0) is 27.6 Å². The Morgan fingerprint density at radius 2 is 1.95 bits per heavy atom. The number of carbonyl (C=O) groups excluding carboxylic acids is 2. The molecule has 2 aromatic rings. The van der Waals surface area contributed by atoms with Gasteiger partial charge in [-0.1, -0.05) is 31.0 Å². The van der Waals surface area contributed by atoms with Gasteiger partial charge in [0.15, 0.2) is 0 Å². The topological polar surface area (TPSA) is 75.7 Å². The number of carbonyl (C=O) groups is 2. The number of ether oxygens (including phenoxy) is 1. The molecule has 6 rings (SSSR count). The highest BCUT2D eigenvalue weighted by Gasteiger charge is 2.44. The second-order valence-electron chi connectivity index (χ2n) is 12.9. The molecule has 2 heterocycles. The molecule has 1 N–H and O–H groups in total. The van der Waals surface area contributed by atoms with E-state index in [2.05, 4.69) is 28.7 Å². The molecular formula is C33H41ClN2O4S. The average Bonchev–Trinajstić information content (AvgIpc) is 3.10. The lowest BCUT2D eigenvalue weighted by Crippen LogP contribution is -2.49. The number of aldehydes is 1.